The molecule has 2 atom stereocenters. The molecule has 5 nitrogen and oxygen atoms in total. The van der Waals surface area contributed by atoms with Crippen molar-refractivity contribution in [2.75, 3.05) is 47.1 Å². The topological polar surface area (TPSA) is 40.2 Å². The van der Waals surface area contributed by atoms with Gasteiger partial charge in [-0.15, -0.1) is 0 Å². The molecule has 1 aliphatic carbocycles. The van der Waals surface area contributed by atoms with E-state index in [-0.39, 0.29) is 0 Å². The van der Waals surface area contributed by atoms with Crippen LogP contribution in [-0.4, -0.2) is 64.2 Å². The predicted octanol–water partition coefficient (Wildman–Crippen LogP) is 3.30. The van der Waals surface area contributed by atoms with Crippen LogP contribution in [0.1, 0.15) is 37.7 Å². The Labute approximate surface area is 157 Å². The average Bonchev–Trinajstić information content (AvgIpc) is 2.72. The second-order valence-corrected chi connectivity index (χ2v) is 7.20. The lowest BCUT2D eigenvalue weighted by Crippen LogP contribution is -2.51. The Hall–Kier alpha value is -1.30. The molecule has 146 valence electrons. The lowest BCUT2D eigenvalue weighted by Gasteiger charge is -2.41. The van der Waals surface area contributed by atoms with Crippen LogP contribution >= 0.6 is 0 Å². The quantitative estimate of drug-likeness (QED) is 0.663. The molecule has 0 amide bonds. The first-order valence-corrected chi connectivity index (χ1v) is 9.96. The predicted molar refractivity (Wildman–Crippen MR) is 102 cm³/mol. The smallest absolute Gasteiger partial charge is 0.160 e. The molecule has 2 fully saturated rings. The van der Waals surface area contributed by atoms with Crippen LogP contribution in [0.3, 0.4) is 0 Å². The Morgan fingerprint density at radius 1 is 1.04 bits per heavy atom. The first-order chi connectivity index (χ1) is 12.8. The van der Waals surface area contributed by atoms with Gasteiger partial charge in [0, 0.05) is 25.7 Å². The summed E-state index contributed by atoms with van der Waals surface area (Å²) in [6.07, 6.45) is 7.48. The summed E-state index contributed by atoms with van der Waals surface area (Å²) in [5, 5.41) is 0. The molecule has 1 saturated heterocycles. The lowest BCUT2D eigenvalue weighted by molar-refractivity contribution is -0.0657. The second kappa shape index (κ2) is 10.1. The Kier molecular flexibility index (Phi) is 7.59. The summed E-state index contributed by atoms with van der Waals surface area (Å²) >= 11 is 0. The highest BCUT2D eigenvalue weighted by Crippen LogP contribution is 2.29. The van der Waals surface area contributed by atoms with E-state index in [4.69, 9.17) is 18.9 Å². The van der Waals surface area contributed by atoms with Gasteiger partial charge in [-0.2, -0.15) is 0 Å². The summed E-state index contributed by atoms with van der Waals surface area (Å²) in [7, 11) is 3.35. The van der Waals surface area contributed by atoms with Crippen molar-refractivity contribution in [3.05, 3.63) is 23.8 Å². The van der Waals surface area contributed by atoms with E-state index in [9.17, 15) is 0 Å². The molecule has 0 N–H and O–H groups in total. The van der Waals surface area contributed by atoms with Crippen LogP contribution in [0.25, 0.3) is 0 Å². The first-order valence-electron chi connectivity index (χ1n) is 9.96. The molecule has 1 heterocycles. The van der Waals surface area contributed by atoms with Crippen LogP contribution in [-0.2, 0) is 15.9 Å². The molecule has 2 unspecified atom stereocenters. The zero-order valence-corrected chi connectivity index (χ0v) is 16.2. The molecule has 1 aromatic rings. The number of nitrogens with zero attached hydrogens (tertiary/aromatic N) is 1. The monoisotopic (exact) mass is 363 g/mol. The van der Waals surface area contributed by atoms with Gasteiger partial charge in [0.25, 0.3) is 0 Å². The molecule has 0 bridgehead atoms. The maximum atomic E-state index is 6.33. The Morgan fingerprint density at radius 3 is 2.58 bits per heavy atom. The SMILES string of the molecule is COc1ccc(CCCOC2CCCCC2N2CCOCC2)cc1OC. The number of morpholine rings is 1. The van der Waals surface area contributed by atoms with Crippen molar-refractivity contribution in [1.82, 2.24) is 4.90 Å². The third kappa shape index (κ3) is 5.12. The molecular weight excluding hydrogens is 330 g/mol. The molecule has 3 rings (SSSR count). The summed E-state index contributed by atoms with van der Waals surface area (Å²) in [4.78, 5) is 2.58. The standard InChI is InChI=1S/C21H33NO4/c1-23-20-10-9-17(16-21(20)24-2)6-5-13-26-19-8-4-3-7-18(19)22-11-14-25-15-12-22/h9-10,16,18-19H,3-8,11-15H2,1-2H3. The van der Waals surface area contributed by atoms with Crippen LogP contribution in [0.15, 0.2) is 18.2 Å². The van der Waals surface area contributed by atoms with Crippen LogP contribution in [0.4, 0.5) is 0 Å². The fraction of sp³-hybridized carbons (Fsp3) is 0.714. The summed E-state index contributed by atoms with van der Waals surface area (Å²) in [5.41, 5.74) is 1.26. The van der Waals surface area contributed by atoms with E-state index in [1.807, 2.05) is 6.07 Å². The van der Waals surface area contributed by atoms with E-state index in [1.165, 1.54) is 31.2 Å². The summed E-state index contributed by atoms with van der Waals surface area (Å²) in [5.74, 6) is 1.58. The van der Waals surface area contributed by atoms with Crippen molar-refractivity contribution in [3.8, 4) is 11.5 Å². The highest BCUT2D eigenvalue weighted by molar-refractivity contribution is 5.42. The van der Waals surface area contributed by atoms with Gasteiger partial charge >= 0.3 is 0 Å². The van der Waals surface area contributed by atoms with Crippen LogP contribution < -0.4 is 9.47 Å². The van der Waals surface area contributed by atoms with Crippen molar-refractivity contribution >= 4 is 0 Å². The number of aryl methyl sites for hydroxylation is 1. The van der Waals surface area contributed by atoms with E-state index < -0.39 is 0 Å². The minimum absolute atomic E-state index is 0.382. The zero-order chi connectivity index (χ0) is 18.2. The maximum Gasteiger partial charge on any atom is 0.160 e. The highest BCUT2D eigenvalue weighted by atomic mass is 16.5. The van der Waals surface area contributed by atoms with Crippen molar-refractivity contribution in [2.45, 2.75) is 50.7 Å². The second-order valence-electron chi connectivity index (χ2n) is 7.20. The van der Waals surface area contributed by atoms with Gasteiger partial charge in [-0.1, -0.05) is 18.9 Å². The van der Waals surface area contributed by atoms with Crippen molar-refractivity contribution < 1.29 is 18.9 Å². The van der Waals surface area contributed by atoms with Crippen molar-refractivity contribution in [1.29, 1.82) is 0 Å². The summed E-state index contributed by atoms with van der Waals surface area (Å²) < 4.78 is 22.5. The molecule has 0 spiro atoms. The Morgan fingerprint density at radius 2 is 1.81 bits per heavy atom. The van der Waals surface area contributed by atoms with Gasteiger partial charge in [0.05, 0.1) is 33.5 Å². The van der Waals surface area contributed by atoms with Gasteiger partial charge in [0.1, 0.15) is 0 Å². The van der Waals surface area contributed by atoms with Crippen molar-refractivity contribution in [2.24, 2.45) is 0 Å². The van der Waals surface area contributed by atoms with E-state index in [1.54, 1.807) is 14.2 Å². The van der Waals surface area contributed by atoms with Crippen LogP contribution in [0.2, 0.25) is 0 Å². The average molecular weight is 363 g/mol. The molecule has 0 radical (unpaired) electrons. The van der Waals surface area contributed by atoms with Gasteiger partial charge < -0.3 is 18.9 Å². The van der Waals surface area contributed by atoms with Gasteiger partial charge in [-0.3, -0.25) is 4.90 Å². The third-order valence-electron chi connectivity index (χ3n) is 5.57. The normalized spacial score (nSPS) is 24.4. The summed E-state index contributed by atoms with van der Waals surface area (Å²) in [6, 6.07) is 6.73. The fourth-order valence-corrected chi connectivity index (χ4v) is 4.15. The Balaban J connectivity index is 1.46. The van der Waals surface area contributed by atoms with Crippen LogP contribution in [0.5, 0.6) is 11.5 Å². The number of methoxy groups -OCH3 is 2. The van der Waals surface area contributed by atoms with Gasteiger partial charge in [-0.25, -0.2) is 0 Å². The molecular formula is C21H33NO4. The first kappa shape index (κ1) is 19.5. The molecule has 2 aliphatic rings. The largest absolute Gasteiger partial charge is 0.493 e. The highest BCUT2D eigenvalue weighted by Gasteiger charge is 2.31. The summed E-state index contributed by atoms with van der Waals surface area (Å²) in [6.45, 7) is 4.65. The van der Waals surface area contributed by atoms with Gasteiger partial charge in [-0.05, 0) is 43.4 Å². The lowest BCUT2D eigenvalue weighted by atomic mass is 9.91. The van der Waals surface area contributed by atoms with E-state index in [2.05, 4.69) is 17.0 Å². The van der Waals surface area contributed by atoms with Crippen molar-refractivity contribution in [3.63, 3.8) is 0 Å². The molecule has 5 heteroatoms. The minimum Gasteiger partial charge on any atom is -0.493 e. The number of benzene rings is 1. The van der Waals surface area contributed by atoms with Gasteiger partial charge in [0.15, 0.2) is 11.5 Å². The molecule has 1 aliphatic heterocycles. The molecule has 1 aromatic carbocycles. The van der Waals surface area contributed by atoms with E-state index in [0.29, 0.717) is 12.1 Å². The van der Waals surface area contributed by atoms with Gasteiger partial charge in [0.2, 0.25) is 0 Å². The van der Waals surface area contributed by atoms with Crippen LogP contribution in [0, 0.1) is 0 Å². The maximum absolute atomic E-state index is 6.33. The number of rotatable bonds is 8. The molecule has 0 aromatic heterocycles. The third-order valence-corrected chi connectivity index (χ3v) is 5.57. The Bertz CT molecular complexity index is 545. The minimum atomic E-state index is 0.382. The van der Waals surface area contributed by atoms with E-state index >= 15 is 0 Å². The zero-order valence-electron chi connectivity index (χ0n) is 16.2. The molecule has 26 heavy (non-hydrogen) atoms. The van der Waals surface area contributed by atoms with E-state index in [0.717, 1.165) is 57.3 Å². The fourth-order valence-electron chi connectivity index (χ4n) is 4.15. The number of hydrogen-bond donors (Lipinski definition) is 0. The molecule has 1 saturated carbocycles. The number of ether oxygens (including phenoxy) is 4. The number of hydrogen-bond acceptors (Lipinski definition) is 5.